The van der Waals surface area contributed by atoms with E-state index >= 15 is 0 Å². The molecule has 3 aromatic heterocycles. The minimum atomic E-state index is 1.22. The van der Waals surface area contributed by atoms with Crippen LogP contribution in [0.3, 0.4) is 0 Å². The van der Waals surface area contributed by atoms with Crippen molar-refractivity contribution in [2.75, 3.05) is 0 Å². The van der Waals surface area contributed by atoms with Crippen molar-refractivity contribution in [1.29, 1.82) is 0 Å². The van der Waals surface area contributed by atoms with Gasteiger partial charge in [-0.2, -0.15) is 0 Å². The minimum Gasteiger partial charge on any atom is -0.308 e. The van der Waals surface area contributed by atoms with Crippen LogP contribution in [-0.2, 0) is 0 Å². The highest BCUT2D eigenvalue weighted by Gasteiger charge is 2.20. The van der Waals surface area contributed by atoms with Gasteiger partial charge in [-0.25, -0.2) is 0 Å². The van der Waals surface area contributed by atoms with Crippen LogP contribution < -0.4 is 0 Å². The molecule has 2 heteroatoms. The highest BCUT2D eigenvalue weighted by molar-refractivity contribution is 7.25. The molecular formula is C38H23NS. The van der Waals surface area contributed by atoms with Crippen LogP contribution in [0.15, 0.2) is 140 Å². The van der Waals surface area contributed by atoms with E-state index in [4.69, 9.17) is 0 Å². The summed E-state index contributed by atoms with van der Waals surface area (Å²) in [4.78, 5) is 0. The van der Waals surface area contributed by atoms with Crippen molar-refractivity contribution in [3.8, 4) is 22.4 Å². The number of pyridine rings is 1. The SMILES string of the molecule is c1ccc(-c2cc(-c3ccccc3)n3c4cc5sc6ccccc6c5cc4c4cc5ccccc5cc4c23)cc1. The molecule has 9 aromatic rings. The van der Waals surface area contributed by atoms with E-state index in [0.717, 1.165) is 0 Å². The van der Waals surface area contributed by atoms with Crippen molar-refractivity contribution in [2.45, 2.75) is 0 Å². The highest BCUT2D eigenvalue weighted by atomic mass is 32.1. The molecule has 1 nitrogen and oxygen atoms in total. The number of fused-ring (bicyclic) bond motifs is 10. The van der Waals surface area contributed by atoms with Gasteiger partial charge in [0.25, 0.3) is 0 Å². The van der Waals surface area contributed by atoms with Crippen LogP contribution in [0.2, 0.25) is 0 Å². The van der Waals surface area contributed by atoms with Crippen molar-refractivity contribution >= 4 is 69.5 Å². The monoisotopic (exact) mass is 525 g/mol. The van der Waals surface area contributed by atoms with Crippen molar-refractivity contribution < 1.29 is 0 Å². The second-order valence-corrected chi connectivity index (χ2v) is 11.7. The summed E-state index contributed by atoms with van der Waals surface area (Å²) in [5.41, 5.74) is 7.45. The van der Waals surface area contributed by atoms with Gasteiger partial charge in [-0.3, -0.25) is 0 Å². The summed E-state index contributed by atoms with van der Waals surface area (Å²) in [6, 6.07) is 51.3. The predicted octanol–water partition coefficient (Wildman–Crippen LogP) is 11.1. The van der Waals surface area contributed by atoms with Crippen LogP contribution in [0, 0.1) is 0 Å². The molecule has 0 saturated heterocycles. The standard InChI is InChI=1S/C38H23NS/c1-3-11-24(12-4-1)29-22-34(25-13-5-2-6-14-25)39-35-23-37-32(28-17-9-10-18-36(28)40-37)21-31(35)30-19-26-15-7-8-16-27(26)20-33(30)38(29)39/h1-23H. The normalized spacial score (nSPS) is 12.0. The highest BCUT2D eigenvalue weighted by Crippen LogP contribution is 2.44. The topological polar surface area (TPSA) is 4.41 Å². The number of rotatable bonds is 2. The average Bonchev–Trinajstić information content (AvgIpc) is 3.59. The second kappa shape index (κ2) is 8.29. The molecule has 9 rings (SSSR count). The number of hydrogen-bond donors (Lipinski definition) is 0. The molecule has 186 valence electrons. The molecule has 0 N–H and O–H groups in total. The maximum atomic E-state index is 2.52. The molecule has 0 saturated carbocycles. The molecule has 0 fully saturated rings. The summed E-state index contributed by atoms with van der Waals surface area (Å²) in [6.45, 7) is 0. The summed E-state index contributed by atoms with van der Waals surface area (Å²) in [5, 5.41) is 9.07. The lowest BCUT2D eigenvalue weighted by Gasteiger charge is -2.15. The van der Waals surface area contributed by atoms with Gasteiger partial charge in [0.2, 0.25) is 0 Å². The van der Waals surface area contributed by atoms with Gasteiger partial charge in [0.15, 0.2) is 0 Å². The first kappa shape index (κ1) is 22.0. The van der Waals surface area contributed by atoms with Crippen molar-refractivity contribution in [3.63, 3.8) is 0 Å². The van der Waals surface area contributed by atoms with E-state index in [0.29, 0.717) is 0 Å². The Morgan fingerprint density at radius 3 is 1.85 bits per heavy atom. The van der Waals surface area contributed by atoms with Gasteiger partial charge in [0, 0.05) is 36.5 Å². The lowest BCUT2D eigenvalue weighted by atomic mass is 9.96. The Kier molecular flexibility index (Phi) is 4.55. The first-order valence-electron chi connectivity index (χ1n) is 13.7. The van der Waals surface area contributed by atoms with Gasteiger partial charge in [0.1, 0.15) is 0 Å². The zero-order chi connectivity index (χ0) is 26.2. The van der Waals surface area contributed by atoms with E-state index in [2.05, 4.69) is 144 Å². The minimum absolute atomic E-state index is 1.22. The second-order valence-electron chi connectivity index (χ2n) is 10.6. The molecule has 6 aromatic carbocycles. The van der Waals surface area contributed by atoms with E-state index in [1.165, 1.54) is 80.5 Å². The van der Waals surface area contributed by atoms with Crippen LogP contribution in [0.25, 0.3) is 80.5 Å². The van der Waals surface area contributed by atoms with Gasteiger partial charge in [-0.1, -0.05) is 103 Å². The number of hydrogen-bond acceptors (Lipinski definition) is 1. The number of thiophene rings is 1. The summed E-state index contributed by atoms with van der Waals surface area (Å²) in [7, 11) is 0. The Bertz CT molecular complexity index is 2410. The zero-order valence-electron chi connectivity index (χ0n) is 21.6. The molecule has 0 spiro atoms. The maximum Gasteiger partial charge on any atom is 0.0620 e. The molecule has 3 heterocycles. The first-order chi connectivity index (χ1) is 19.8. The Morgan fingerprint density at radius 2 is 1.07 bits per heavy atom. The van der Waals surface area contributed by atoms with Crippen LogP contribution in [0.1, 0.15) is 0 Å². The predicted molar refractivity (Wildman–Crippen MR) is 174 cm³/mol. The lowest BCUT2D eigenvalue weighted by molar-refractivity contribution is 1.29. The molecular weight excluding hydrogens is 502 g/mol. The summed E-state index contributed by atoms with van der Waals surface area (Å²) in [5.74, 6) is 0. The molecule has 0 amide bonds. The summed E-state index contributed by atoms with van der Waals surface area (Å²) >= 11 is 1.88. The fraction of sp³-hybridized carbons (Fsp3) is 0. The van der Waals surface area contributed by atoms with Crippen molar-refractivity contribution in [1.82, 2.24) is 4.40 Å². The third-order valence-corrected chi connectivity index (χ3v) is 9.46. The number of nitrogens with zero attached hydrogens (tertiary/aromatic N) is 1. The molecule has 0 aliphatic carbocycles. The molecule has 0 unspecified atom stereocenters. The molecule has 0 atom stereocenters. The first-order valence-corrected chi connectivity index (χ1v) is 14.5. The molecule has 0 aliphatic heterocycles. The van der Waals surface area contributed by atoms with Gasteiger partial charge in [0.05, 0.1) is 16.7 Å². The molecule has 0 aliphatic rings. The Hall–Kier alpha value is -4.92. The third kappa shape index (κ3) is 3.08. The van der Waals surface area contributed by atoms with Gasteiger partial charge >= 0.3 is 0 Å². The zero-order valence-corrected chi connectivity index (χ0v) is 22.5. The molecule has 0 radical (unpaired) electrons. The Morgan fingerprint density at radius 1 is 0.425 bits per heavy atom. The molecule has 0 bridgehead atoms. The van der Waals surface area contributed by atoms with Crippen molar-refractivity contribution in [3.05, 3.63) is 140 Å². The van der Waals surface area contributed by atoms with Gasteiger partial charge < -0.3 is 4.40 Å². The lowest BCUT2D eigenvalue weighted by Crippen LogP contribution is -1.94. The fourth-order valence-electron chi connectivity index (χ4n) is 6.51. The summed E-state index contributed by atoms with van der Waals surface area (Å²) in [6.07, 6.45) is 0. The smallest absolute Gasteiger partial charge is 0.0620 e. The quantitative estimate of drug-likeness (QED) is 0.156. The third-order valence-electron chi connectivity index (χ3n) is 8.32. The van der Waals surface area contributed by atoms with Crippen LogP contribution in [-0.4, -0.2) is 4.40 Å². The average molecular weight is 526 g/mol. The Labute approximate surface area is 235 Å². The molecule has 40 heavy (non-hydrogen) atoms. The van der Waals surface area contributed by atoms with E-state index in [1.807, 2.05) is 11.3 Å². The largest absolute Gasteiger partial charge is 0.308 e. The number of benzene rings is 6. The maximum absolute atomic E-state index is 2.52. The van der Waals surface area contributed by atoms with Gasteiger partial charge in [-0.15, -0.1) is 11.3 Å². The van der Waals surface area contributed by atoms with Crippen LogP contribution in [0.5, 0.6) is 0 Å². The van der Waals surface area contributed by atoms with Crippen LogP contribution >= 0.6 is 11.3 Å². The van der Waals surface area contributed by atoms with Crippen molar-refractivity contribution in [2.24, 2.45) is 0 Å². The number of aromatic nitrogens is 1. The fourth-order valence-corrected chi connectivity index (χ4v) is 7.63. The van der Waals surface area contributed by atoms with Gasteiger partial charge in [-0.05, 0) is 63.7 Å². The summed E-state index contributed by atoms with van der Waals surface area (Å²) < 4.78 is 5.18. The van der Waals surface area contributed by atoms with Crippen LogP contribution in [0.4, 0.5) is 0 Å². The van der Waals surface area contributed by atoms with E-state index in [1.54, 1.807) is 0 Å². The van der Waals surface area contributed by atoms with E-state index in [9.17, 15) is 0 Å². The van der Waals surface area contributed by atoms with E-state index in [-0.39, 0.29) is 0 Å². The Balaban J connectivity index is 1.58. The van der Waals surface area contributed by atoms with E-state index < -0.39 is 0 Å².